The van der Waals surface area contributed by atoms with Crippen molar-refractivity contribution in [1.82, 2.24) is 5.32 Å². The van der Waals surface area contributed by atoms with Crippen molar-refractivity contribution in [2.45, 2.75) is 45.4 Å². The number of nitrogens with one attached hydrogen (secondary N) is 1. The van der Waals surface area contributed by atoms with Crippen molar-refractivity contribution < 1.29 is 9.21 Å². The first-order valence-electron chi connectivity index (χ1n) is 7.96. The van der Waals surface area contributed by atoms with Crippen LogP contribution in [-0.4, -0.2) is 17.7 Å². The van der Waals surface area contributed by atoms with Crippen molar-refractivity contribution in [3.8, 4) is 0 Å². The van der Waals surface area contributed by atoms with Gasteiger partial charge in [-0.1, -0.05) is 26.0 Å². The molecule has 1 aromatic carbocycles. The number of aryl methyl sites for hydroxylation is 1. The highest BCUT2D eigenvalue weighted by molar-refractivity contribution is 7.99. The number of amides is 1. The third-order valence-corrected chi connectivity index (χ3v) is 4.79. The molecule has 2 rings (SSSR count). The molecule has 0 unspecified atom stereocenters. The van der Waals surface area contributed by atoms with E-state index < -0.39 is 0 Å². The number of rotatable bonds is 7. The quantitative estimate of drug-likeness (QED) is 0.788. The Bertz CT molecular complexity index is 739. The van der Waals surface area contributed by atoms with Crippen LogP contribution in [0.2, 0.25) is 0 Å². The standard InChI is InChI=1S/C18H23NO3S/c1-4-12(3)19-17(20)11-23-10-14-9-18(21)22-16-8-13(5-2)6-7-15(14)16/h6-9,12H,4-5,10-11H2,1-3H3,(H,19,20)/t12-/m0/s1. The van der Waals surface area contributed by atoms with E-state index in [-0.39, 0.29) is 17.6 Å². The Balaban J connectivity index is 2.08. The molecule has 0 spiro atoms. The van der Waals surface area contributed by atoms with Gasteiger partial charge in [0, 0.05) is 23.2 Å². The molecule has 23 heavy (non-hydrogen) atoms. The lowest BCUT2D eigenvalue weighted by Gasteiger charge is -2.11. The predicted molar refractivity (Wildman–Crippen MR) is 95.9 cm³/mol. The van der Waals surface area contributed by atoms with Gasteiger partial charge in [-0.15, -0.1) is 11.8 Å². The van der Waals surface area contributed by atoms with Crippen molar-refractivity contribution in [2.75, 3.05) is 5.75 Å². The van der Waals surface area contributed by atoms with E-state index in [0.717, 1.165) is 29.4 Å². The molecular formula is C18H23NO3S. The molecule has 1 aromatic heterocycles. The summed E-state index contributed by atoms with van der Waals surface area (Å²) < 4.78 is 5.30. The summed E-state index contributed by atoms with van der Waals surface area (Å²) in [5.41, 5.74) is 2.33. The van der Waals surface area contributed by atoms with Crippen molar-refractivity contribution in [3.05, 3.63) is 45.8 Å². The highest BCUT2D eigenvalue weighted by atomic mass is 32.2. The Morgan fingerprint density at radius 3 is 2.78 bits per heavy atom. The highest BCUT2D eigenvalue weighted by Crippen LogP contribution is 2.22. The molecule has 0 saturated heterocycles. The predicted octanol–water partition coefficient (Wildman–Crippen LogP) is 3.50. The zero-order valence-electron chi connectivity index (χ0n) is 13.8. The fourth-order valence-corrected chi connectivity index (χ4v) is 3.12. The smallest absolute Gasteiger partial charge is 0.336 e. The molecule has 124 valence electrons. The maximum Gasteiger partial charge on any atom is 0.336 e. The van der Waals surface area contributed by atoms with Crippen LogP contribution >= 0.6 is 11.8 Å². The van der Waals surface area contributed by atoms with Gasteiger partial charge in [0.05, 0.1) is 5.75 Å². The maximum absolute atomic E-state index is 11.8. The number of carbonyl (C=O) groups excluding carboxylic acids is 1. The minimum atomic E-state index is -0.342. The fraction of sp³-hybridized carbons (Fsp3) is 0.444. The Morgan fingerprint density at radius 1 is 1.30 bits per heavy atom. The number of fused-ring (bicyclic) bond motifs is 1. The minimum absolute atomic E-state index is 0.0323. The van der Waals surface area contributed by atoms with Crippen LogP contribution in [0.25, 0.3) is 11.0 Å². The summed E-state index contributed by atoms with van der Waals surface area (Å²) in [4.78, 5) is 23.5. The first-order chi connectivity index (χ1) is 11.0. The van der Waals surface area contributed by atoms with E-state index in [1.807, 2.05) is 32.0 Å². The number of hydrogen-bond donors (Lipinski definition) is 1. The summed E-state index contributed by atoms with van der Waals surface area (Å²) in [5.74, 6) is 1.03. The van der Waals surface area contributed by atoms with Crippen LogP contribution in [0.15, 0.2) is 33.5 Å². The second-order valence-corrected chi connectivity index (χ2v) is 6.63. The zero-order chi connectivity index (χ0) is 16.8. The van der Waals surface area contributed by atoms with Crippen LogP contribution in [-0.2, 0) is 17.0 Å². The summed E-state index contributed by atoms with van der Waals surface area (Å²) in [6.07, 6.45) is 1.81. The van der Waals surface area contributed by atoms with E-state index in [2.05, 4.69) is 12.2 Å². The molecule has 1 N–H and O–H groups in total. The number of carbonyl (C=O) groups is 1. The van der Waals surface area contributed by atoms with E-state index in [0.29, 0.717) is 17.1 Å². The lowest BCUT2D eigenvalue weighted by atomic mass is 10.1. The van der Waals surface area contributed by atoms with Crippen LogP contribution < -0.4 is 10.9 Å². The topological polar surface area (TPSA) is 59.3 Å². The monoisotopic (exact) mass is 333 g/mol. The van der Waals surface area contributed by atoms with E-state index in [9.17, 15) is 9.59 Å². The summed E-state index contributed by atoms with van der Waals surface area (Å²) in [6, 6.07) is 7.67. The molecule has 0 fully saturated rings. The fourth-order valence-electron chi connectivity index (χ4n) is 2.29. The largest absolute Gasteiger partial charge is 0.423 e. The molecule has 1 atom stereocenters. The molecule has 5 heteroatoms. The first-order valence-corrected chi connectivity index (χ1v) is 9.11. The van der Waals surface area contributed by atoms with Crippen LogP contribution in [0.4, 0.5) is 0 Å². The van der Waals surface area contributed by atoms with E-state index >= 15 is 0 Å². The van der Waals surface area contributed by atoms with Gasteiger partial charge in [-0.2, -0.15) is 0 Å². The summed E-state index contributed by atoms with van der Waals surface area (Å²) >= 11 is 1.51. The first kappa shape index (κ1) is 17.6. The normalized spacial score (nSPS) is 12.3. The van der Waals surface area contributed by atoms with Gasteiger partial charge in [-0.3, -0.25) is 4.79 Å². The third-order valence-electron chi connectivity index (χ3n) is 3.81. The van der Waals surface area contributed by atoms with Gasteiger partial charge in [0.25, 0.3) is 0 Å². The average Bonchev–Trinajstić information content (AvgIpc) is 2.53. The summed E-state index contributed by atoms with van der Waals surface area (Å²) in [5, 5.41) is 3.88. The Kier molecular flexibility index (Phi) is 6.28. The van der Waals surface area contributed by atoms with Crippen molar-refractivity contribution >= 4 is 28.6 Å². The van der Waals surface area contributed by atoms with Gasteiger partial charge in [0.1, 0.15) is 5.58 Å². The van der Waals surface area contributed by atoms with Gasteiger partial charge in [0.15, 0.2) is 0 Å². The molecule has 0 aliphatic heterocycles. The molecule has 2 aromatic rings. The second-order valence-electron chi connectivity index (χ2n) is 5.64. The maximum atomic E-state index is 11.8. The Labute approximate surface area is 140 Å². The van der Waals surface area contributed by atoms with Gasteiger partial charge in [0.2, 0.25) is 5.91 Å². The molecule has 0 saturated carbocycles. The Morgan fingerprint density at radius 2 is 2.09 bits per heavy atom. The van der Waals surface area contributed by atoms with Gasteiger partial charge < -0.3 is 9.73 Å². The van der Waals surface area contributed by atoms with Crippen LogP contribution in [0.5, 0.6) is 0 Å². The zero-order valence-corrected chi connectivity index (χ0v) is 14.7. The minimum Gasteiger partial charge on any atom is -0.423 e. The van der Waals surface area contributed by atoms with E-state index in [1.165, 1.54) is 17.8 Å². The van der Waals surface area contributed by atoms with Crippen molar-refractivity contribution in [1.29, 1.82) is 0 Å². The lowest BCUT2D eigenvalue weighted by molar-refractivity contribution is -0.119. The van der Waals surface area contributed by atoms with E-state index in [1.54, 1.807) is 0 Å². The molecule has 0 radical (unpaired) electrons. The van der Waals surface area contributed by atoms with Crippen molar-refractivity contribution in [2.24, 2.45) is 0 Å². The number of benzene rings is 1. The average molecular weight is 333 g/mol. The van der Waals surface area contributed by atoms with Gasteiger partial charge in [-0.05, 0) is 37.0 Å². The molecule has 0 bridgehead atoms. The van der Waals surface area contributed by atoms with Crippen molar-refractivity contribution in [3.63, 3.8) is 0 Å². The second kappa shape index (κ2) is 8.20. The molecule has 1 amide bonds. The highest BCUT2D eigenvalue weighted by Gasteiger charge is 2.09. The Hall–Kier alpha value is -1.75. The van der Waals surface area contributed by atoms with Crippen LogP contribution in [0, 0.1) is 0 Å². The summed E-state index contributed by atoms with van der Waals surface area (Å²) in [6.45, 7) is 6.09. The van der Waals surface area contributed by atoms with E-state index in [4.69, 9.17) is 4.42 Å². The lowest BCUT2D eigenvalue weighted by Crippen LogP contribution is -2.33. The number of hydrogen-bond acceptors (Lipinski definition) is 4. The molecular weight excluding hydrogens is 310 g/mol. The van der Waals surface area contributed by atoms with Gasteiger partial charge >= 0.3 is 5.63 Å². The summed E-state index contributed by atoms with van der Waals surface area (Å²) in [7, 11) is 0. The molecule has 0 aliphatic carbocycles. The molecule has 1 heterocycles. The molecule has 4 nitrogen and oxygen atoms in total. The van der Waals surface area contributed by atoms with Crippen LogP contribution in [0.1, 0.15) is 38.3 Å². The number of thioether (sulfide) groups is 1. The third kappa shape index (κ3) is 4.86. The SMILES string of the molecule is CCc1ccc2c(CSCC(=O)N[C@@H](C)CC)cc(=O)oc2c1. The van der Waals surface area contributed by atoms with Gasteiger partial charge in [-0.25, -0.2) is 4.79 Å². The molecule has 0 aliphatic rings. The van der Waals surface area contributed by atoms with Crippen LogP contribution in [0.3, 0.4) is 0 Å².